The molecular formula is C17H38OSi. The largest absolute Gasteiger partial charge is 0.414 e. The fourth-order valence-electron chi connectivity index (χ4n) is 2.13. The van der Waals surface area contributed by atoms with Gasteiger partial charge in [-0.25, -0.2) is 0 Å². The molecule has 0 saturated carbocycles. The van der Waals surface area contributed by atoms with Gasteiger partial charge in [-0.3, -0.25) is 0 Å². The Morgan fingerprint density at radius 3 is 1.84 bits per heavy atom. The summed E-state index contributed by atoms with van der Waals surface area (Å²) in [5.41, 5.74) is 0. The van der Waals surface area contributed by atoms with Crippen molar-refractivity contribution in [2.75, 3.05) is 0 Å². The highest BCUT2D eigenvalue weighted by atomic mass is 28.4. The second-order valence-corrected chi connectivity index (χ2v) is 12.4. The molecule has 2 heteroatoms. The number of hydrogen-bond acceptors (Lipinski definition) is 1. The lowest BCUT2D eigenvalue weighted by Crippen LogP contribution is -2.43. The predicted molar refractivity (Wildman–Crippen MR) is 90.4 cm³/mol. The zero-order valence-electron chi connectivity index (χ0n) is 14.6. The maximum atomic E-state index is 6.39. The third-order valence-corrected chi connectivity index (χ3v) is 9.12. The summed E-state index contributed by atoms with van der Waals surface area (Å²) < 4.78 is 6.39. The first-order valence-electron chi connectivity index (χ1n) is 8.38. The Morgan fingerprint density at radius 1 is 0.895 bits per heavy atom. The standard InChI is InChI=1S/C17H38OSi/c1-8-9-10-11-12-13-14-15-16(2)18-19(6,7)17(3,4)5/h16H,8-15H2,1-7H3. The smallest absolute Gasteiger partial charge is 0.192 e. The Labute approximate surface area is 123 Å². The molecule has 1 atom stereocenters. The van der Waals surface area contributed by atoms with Gasteiger partial charge in [0.1, 0.15) is 0 Å². The van der Waals surface area contributed by atoms with Gasteiger partial charge in [-0.15, -0.1) is 0 Å². The molecule has 0 radical (unpaired) electrons. The predicted octanol–water partition coefficient (Wildman–Crippen LogP) is 6.54. The van der Waals surface area contributed by atoms with E-state index in [2.05, 4.69) is 47.7 Å². The quantitative estimate of drug-likeness (QED) is 0.327. The van der Waals surface area contributed by atoms with E-state index in [0.717, 1.165) is 0 Å². The van der Waals surface area contributed by atoms with E-state index in [9.17, 15) is 0 Å². The summed E-state index contributed by atoms with van der Waals surface area (Å²) >= 11 is 0. The van der Waals surface area contributed by atoms with Crippen molar-refractivity contribution in [3.63, 3.8) is 0 Å². The summed E-state index contributed by atoms with van der Waals surface area (Å²) in [6.45, 7) is 16.2. The Bertz CT molecular complexity index is 218. The molecule has 0 amide bonds. The van der Waals surface area contributed by atoms with E-state index in [1.165, 1.54) is 51.4 Å². The molecule has 0 aliphatic heterocycles. The van der Waals surface area contributed by atoms with Crippen LogP contribution in [0.2, 0.25) is 18.1 Å². The average molecular weight is 287 g/mol. The Morgan fingerprint density at radius 2 is 1.37 bits per heavy atom. The van der Waals surface area contributed by atoms with E-state index < -0.39 is 8.32 Å². The van der Waals surface area contributed by atoms with Crippen molar-refractivity contribution in [3.05, 3.63) is 0 Å². The van der Waals surface area contributed by atoms with Crippen LogP contribution in [0.5, 0.6) is 0 Å². The minimum atomic E-state index is -1.55. The van der Waals surface area contributed by atoms with Crippen molar-refractivity contribution in [1.29, 1.82) is 0 Å². The SMILES string of the molecule is CCCCCCCCCC(C)O[Si](C)(C)C(C)(C)C. The Hall–Kier alpha value is 0.177. The van der Waals surface area contributed by atoms with Gasteiger partial charge in [-0.1, -0.05) is 72.6 Å². The number of hydrogen-bond donors (Lipinski definition) is 0. The molecule has 0 bridgehead atoms. The molecular weight excluding hydrogens is 248 g/mol. The lowest BCUT2D eigenvalue weighted by Gasteiger charge is -2.38. The molecule has 0 heterocycles. The highest BCUT2D eigenvalue weighted by molar-refractivity contribution is 6.74. The van der Waals surface area contributed by atoms with Crippen LogP contribution in [0.25, 0.3) is 0 Å². The summed E-state index contributed by atoms with van der Waals surface area (Å²) in [4.78, 5) is 0. The molecule has 0 spiro atoms. The van der Waals surface area contributed by atoms with Crippen LogP contribution in [-0.4, -0.2) is 14.4 Å². The zero-order chi connectivity index (χ0) is 14.9. The van der Waals surface area contributed by atoms with Crippen molar-refractivity contribution in [2.45, 2.75) is 110 Å². The lowest BCUT2D eigenvalue weighted by molar-refractivity contribution is 0.185. The molecule has 0 saturated heterocycles. The molecule has 116 valence electrons. The molecule has 1 unspecified atom stereocenters. The molecule has 0 rings (SSSR count). The van der Waals surface area contributed by atoms with Crippen LogP contribution >= 0.6 is 0 Å². The van der Waals surface area contributed by atoms with Gasteiger partial charge >= 0.3 is 0 Å². The molecule has 19 heavy (non-hydrogen) atoms. The third-order valence-electron chi connectivity index (χ3n) is 4.52. The minimum absolute atomic E-state index is 0.335. The minimum Gasteiger partial charge on any atom is -0.414 e. The number of rotatable bonds is 10. The van der Waals surface area contributed by atoms with Crippen LogP contribution < -0.4 is 0 Å². The molecule has 0 fully saturated rings. The fraction of sp³-hybridized carbons (Fsp3) is 1.00. The summed E-state index contributed by atoms with van der Waals surface area (Å²) in [5, 5.41) is 0.335. The maximum absolute atomic E-state index is 6.39. The summed E-state index contributed by atoms with van der Waals surface area (Å²) in [6, 6.07) is 0. The first-order valence-corrected chi connectivity index (χ1v) is 11.3. The van der Waals surface area contributed by atoms with Gasteiger partial charge in [-0.2, -0.15) is 0 Å². The normalized spacial score (nSPS) is 14.7. The Balaban J connectivity index is 3.68. The van der Waals surface area contributed by atoms with Gasteiger partial charge in [0.05, 0.1) is 0 Å². The van der Waals surface area contributed by atoms with Crippen LogP contribution in [0.4, 0.5) is 0 Å². The van der Waals surface area contributed by atoms with Gasteiger partial charge in [0.2, 0.25) is 0 Å². The van der Waals surface area contributed by atoms with Gasteiger partial charge in [0.15, 0.2) is 8.32 Å². The highest BCUT2D eigenvalue weighted by Gasteiger charge is 2.38. The second-order valence-electron chi connectivity index (χ2n) is 7.60. The fourth-order valence-corrected chi connectivity index (χ4v) is 3.60. The second kappa shape index (κ2) is 9.18. The summed E-state index contributed by atoms with van der Waals surface area (Å²) in [6.07, 6.45) is 11.4. The molecule has 0 aliphatic rings. The van der Waals surface area contributed by atoms with Crippen LogP contribution in [0.15, 0.2) is 0 Å². The average Bonchev–Trinajstić information content (AvgIpc) is 2.25. The van der Waals surface area contributed by atoms with E-state index in [1.54, 1.807) is 0 Å². The topological polar surface area (TPSA) is 9.23 Å². The van der Waals surface area contributed by atoms with Crippen molar-refractivity contribution < 1.29 is 4.43 Å². The van der Waals surface area contributed by atoms with Crippen LogP contribution in [-0.2, 0) is 4.43 Å². The van der Waals surface area contributed by atoms with Gasteiger partial charge < -0.3 is 4.43 Å². The van der Waals surface area contributed by atoms with Crippen molar-refractivity contribution >= 4 is 8.32 Å². The third kappa shape index (κ3) is 8.86. The zero-order valence-corrected chi connectivity index (χ0v) is 15.6. The number of unbranched alkanes of at least 4 members (excludes halogenated alkanes) is 6. The van der Waals surface area contributed by atoms with Crippen molar-refractivity contribution in [1.82, 2.24) is 0 Å². The van der Waals surface area contributed by atoms with Gasteiger partial charge in [0.25, 0.3) is 0 Å². The van der Waals surface area contributed by atoms with E-state index in [0.29, 0.717) is 11.1 Å². The monoisotopic (exact) mass is 286 g/mol. The first-order chi connectivity index (χ1) is 8.70. The lowest BCUT2D eigenvalue weighted by atomic mass is 10.1. The first kappa shape index (κ1) is 19.2. The van der Waals surface area contributed by atoms with Gasteiger partial charge in [-0.05, 0) is 31.5 Å². The van der Waals surface area contributed by atoms with Crippen molar-refractivity contribution in [3.8, 4) is 0 Å². The van der Waals surface area contributed by atoms with Crippen LogP contribution in [0.3, 0.4) is 0 Å². The molecule has 0 N–H and O–H groups in total. The summed E-state index contributed by atoms with van der Waals surface area (Å²) in [5.74, 6) is 0. The molecule has 0 aliphatic carbocycles. The molecule has 0 aromatic carbocycles. The molecule has 0 aromatic heterocycles. The van der Waals surface area contributed by atoms with Crippen molar-refractivity contribution in [2.24, 2.45) is 0 Å². The van der Waals surface area contributed by atoms with E-state index in [-0.39, 0.29) is 0 Å². The van der Waals surface area contributed by atoms with Crippen LogP contribution in [0, 0.1) is 0 Å². The van der Waals surface area contributed by atoms with Crippen LogP contribution in [0.1, 0.15) is 86.0 Å². The molecule has 1 nitrogen and oxygen atoms in total. The Kier molecular flexibility index (Phi) is 9.26. The highest BCUT2D eigenvalue weighted by Crippen LogP contribution is 2.37. The van der Waals surface area contributed by atoms with E-state index in [4.69, 9.17) is 4.43 Å². The molecule has 0 aromatic rings. The van der Waals surface area contributed by atoms with Gasteiger partial charge in [0, 0.05) is 6.10 Å². The van der Waals surface area contributed by atoms with E-state index >= 15 is 0 Å². The summed E-state index contributed by atoms with van der Waals surface area (Å²) in [7, 11) is -1.55. The van der Waals surface area contributed by atoms with E-state index in [1.807, 2.05) is 0 Å². The maximum Gasteiger partial charge on any atom is 0.192 e.